The predicted molar refractivity (Wildman–Crippen MR) is 91.1 cm³/mol. The van der Waals surface area contributed by atoms with Crippen molar-refractivity contribution in [3.63, 3.8) is 0 Å². The Balaban J connectivity index is 2.08. The minimum absolute atomic E-state index is 0.243. The van der Waals surface area contributed by atoms with Crippen LogP contribution in [-0.2, 0) is 16.0 Å². The highest BCUT2D eigenvalue weighted by Crippen LogP contribution is 2.21. The molecule has 0 bridgehead atoms. The van der Waals surface area contributed by atoms with Crippen molar-refractivity contribution in [2.24, 2.45) is 0 Å². The number of carboxylic acid groups (broad SMARTS) is 1. The number of ether oxygens (including phenoxy) is 1. The van der Waals surface area contributed by atoms with Crippen LogP contribution in [0.5, 0.6) is 5.75 Å². The summed E-state index contributed by atoms with van der Waals surface area (Å²) >= 11 is 0. The van der Waals surface area contributed by atoms with Gasteiger partial charge in [-0.1, -0.05) is 42.5 Å². The number of carboxylic acids is 1. The molecule has 2 aromatic carbocycles. The van der Waals surface area contributed by atoms with E-state index < -0.39 is 17.9 Å². The highest BCUT2D eigenvalue weighted by molar-refractivity contribution is 5.88. The third kappa shape index (κ3) is 4.59. The van der Waals surface area contributed by atoms with Crippen LogP contribution >= 0.6 is 0 Å². The SMILES string of the molecule is COc1cccc(C(C)C(=O)NC(Cc2ccccc2)C(=O)O)c1. The maximum absolute atomic E-state index is 12.4. The molecule has 5 heteroatoms. The number of hydrogen-bond donors (Lipinski definition) is 2. The molecule has 0 saturated carbocycles. The number of methoxy groups -OCH3 is 1. The molecular weight excluding hydrogens is 306 g/mol. The lowest BCUT2D eigenvalue weighted by Gasteiger charge is -2.18. The van der Waals surface area contributed by atoms with Gasteiger partial charge < -0.3 is 15.2 Å². The van der Waals surface area contributed by atoms with Crippen molar-refractivity contribution in [2.45, 2.75) is 25.3 Å². The van der Waals surface area contributed by atoms with E-state index in [0.717, 1.165) is 11.1 Å². The molecule has 0 spiro atoms. The Kier molecular flexibility index (Phi) is 5.95. The van der Waals surface area contributed by atoms with Gasteiger partial charge in [-0.15, -0.1) is 0 Å². The van der Waals surface area contributed by atoms with Crippen LogP contribution in [0.4, 0.5) is 0 Å². The summed E-state index contributed by atoms with van der Waals surface area (Å²) in [5.74, 6) is -1.19. The van der Waals surface area contributed by atoms with E-state index in [4.69, 9.17) is 4.74 Å². The third-order valence-electron chi connectivity index (χ3n) is 3.88. The fraction of sp³-hybridized carbons (Fsp3) is 0.263. The lowest BCUT2D eigenvalue weighted by molar-refractivity contribution is -0.141. The molecule has 0 aliphatic carbocycles. The summed E-state index contributed by atoms with van der Waals surface area (Å²) < 4.78 is 5.16. The average Bonchev–Trinajstić information content (AvgIpc) is 2.61. The topological polar surface area (TPSA) is 75.6 Å². The van der Waals surface area contributed by atoms with Crippen LogP contribution < -0.4 is 10.1 Å². The molecule has 0 radical (unpaired) electrons. The van der Waals surface area contributed by atoms with Crippen LogP contribution in [0, 0.1) is 0 Å². The quantitative estimate of drug-likeness (QED) is 0.820. The van der Waals surface area contributed by atoms with Gasteiger partial charge in [0.25, 0.3) is 0 Å². The molecule has 126 valence electrons. The number of nitrogens with one attached hydrogen (secondary N) is 1. The monoisotopic (exact) mass is 327 g/mol. The van der Waals surface area contributed by atoms with E-state index in [9.17, 15) is 14.7 Å². The largest absolute Gasteiger partial charge is 0.497 e. The number of amides is 1. The molecule has 2 aromatic rings. The summed E-state index contributed by atoms with van der Waals surface area (Å²) in [7, 11) is 1.56. The first-order valence-electron chi connectivity index (χ1n) is 7.72. The highest BCUT2D eigenvalue weighted by Gasteiger charge is 2.24. The Labute approximate surface area is 141 Å². The molecule has 1 amide bonds. The van der Waals surface area contributed by atoms with Crippen molar-refractivity contribution >= 4 is 11.9 Å². The molecular formula is C19H21NO4. The summed E-state index contributed by atoms with van der Waals surface area (Å²) in [5, 5.41) is 12.0. The van der Waals surface area contributed by atoms with Crippen LogP contribution in [0.25, 0.3) is 0 Å². The summed E-state index contributed by atoms with van der Waals surface area (Å²) in [6, 6.07) is 15.5. The van der Waals surface area contributed by atoms with E-state index in [0.29, 0.717) is 5.75 Å². The van der Waals surface area contributed by atoms with E-state index in [1.54, 1.807) is 32.2 Å². The molecule has 0 saturated heterocycles. The second-order valence-corrected chi connectivity index (χ2v) is 5.59. The van der Waals surface area contributed by atoms with Gasteiger partial charge in [0.2, 0.25) is 5.91 Å². The van der Waals surface area contributed by atoms with Crippen molar-refractivity contribution < 1.29 is 19.4 Å². The van der Waals surface area contributed by atoms with Crippen LogP contribution in [0.3, 0.4) is 0 Å². The van der Waals surface area contributed by atoms with Crippen molar-refractivity contribution in [3.05, 3.63) is 65.7 Å². The van der Waals surface area contributed by atoms with Gasteiger partial charge >= 0.3 is 5.97 Å². The van der Waals surface area contributed by atoms with E-state index in [2.05, 4.69) is 5.32 Å². The number of rotatable bonds is 7. The smallest absolute Gasteiger partial charge is 0.326 e. The molecule has 0 aliphatic rings. The molecule has 2 rings (SSSR count). The van der Waals surface area contributed by atoms with Crippen LogP contribution in [0.1, 0.15) is 24.0 Å². The number of aliphatic carboxylic acids is 1. The van der Waals surface area contributed by atoms with Crippen molar-refractivity contribution in [3.8, 4) is 5.75 Å². The average molecular weight is 327 g/mol. The van der Waals surface area contributed by atoms with Gasteiger partial charge in [-0.05, 0) is 30.2 Å². The molecule has 0 heterocycles. The molecule has 24 heavy (non-hydrogen) atoms. The predicted octanol–water partition coefficient (Wildman–Crippen LogP) is 2.61. The first-order valence-corrected chi connectivity index (χ1v) is 7.72. The first kappa shape index (κ1) is 17.5. The van der Waals surface area contributed by atoms with Crippen LogP contribution in [-0.4, -0.2) is 30.1 Å². The Morgan fingerprint density at radius 1 is 1.12 bits per heavy atom. The summed E-state index contributed by atoms with van der Waals surface area (Å²) in [5.41, 5.74) is 1.63. The Morgan fingerprint density at radius 3 is 2.46 bits per heavy atom. The summed E-state index contributed by atoms with van der Waals surface area (Å²) in [6.07, 6.45) is 0.243. The molecule has 0 fully saturated rings. The zero-order valence-corrected chi connectivity index (χ0v) is 13.7. The Morgan fingerprint density at radius 2 is 1.83 bits per heavy atom. The van der Waals surface area contributed by atoms with Gasteiger partial charge in [-0.2, -0.15) is 0 Å². The van der Waals surface area contributed by atoms with Gasteiger partial charge in [0.1, 0.15) is 11.8 Å². The standard InChI is InChI=1S/C19H21NO4/c1-13(15-9-6-10-16(12-15)24-2)18(21)20-17(19(22)23)11-14-7-4-3-5-8-14/h3-10,12-13,17H,11H2,1-2H3,(H,20,21)(H,22,23). The van der Waals surface area contributed by atoms with Crippen molar-refractivity contribution in [2.75, 3.05) is 7.11 Å². The molecule has 0 aromatic heterocycles. The molecule has 2 unspecified atom stereocenters. The van der Waals surface area contributed by atoms with E-state index >= 15 is 0 Å². The maximum atomic E-state index is 12.4. The summed E-state index contributed by atoms with van der Waals surface area (Å²) in [4.78, 5) is 23.9. The Hall–Kier alpha value is -2.82. The second kappa shape index (κ2) is 8.15. The zero-order chi connectivity index (χ0) is 17.5. The van der Waals surface area contributed by atoms with Crippen LogP contribution in [0.15, 0.2) is 54.6 Å². The van der Waals surface area contributed by atoms with Crippen LogP contribution in [0.2, 0.25) is 0 Å². The maximum Gasteiger partial charge on any atom is 0.326 e. The van der Waals surface area contributed by atoms with Gasteiger partial charge in [0, 0.05) is 6.42 Å². The highest BCUT2D eigenvalue weighted by atomic mass is 16.5. The zero-order valence-electron chi connectivity index (χ0n) is 13.7. The lowest BCUT2D eigenvalue weighted by Crippen LogP contribution is -2.44. The van der Waals surface area contributed by atoms with Gasteiger partial charge in [-0.25, -0.2) is 4.79 Å². The number of carbonyl (C=O) groups excluding carboxylic acids is 1. The number of benzene rings is 2. The molecule has 0 aliphatic heterocycles. The van der Waals surface area contributed by atoms with Crippen molar-refractivity contribution in [1.82, 2.24) is 5.32 Å². The van der Waals surface area contributed by atoms with Gasteiger partial charge in [0.05, 0.1) is 13.0 Å². The number of carbonyl (C=O) groups is 2. The molecule has 5 nitrogen and oxygen atoms in total. The van der Waals surface area contributed by atoms with Crippen molar-refractivity contribution in [1.29, 1.82) is 0 Å². The fourth-order valence-corrected chi connectivity index (χ4v) is 2.41. The fourth-order valence-electron chi connectivity index (χ4n) is 2.41. The van der Waals surface area contributed by atoms with E-state index in [1.807, 2.05) is 36.4 Å². The molecule has 2 atom stereocenters. The lowest BCUT2D eigenvalue weighted by atomic mass is 9.99. The van der Waals surface area contributed by atoms with Gasteiger partial charge in [0.15, 0.2) is 0 Å². The number of hydrogen-bond acceptors (Lipinski definition) is 3. The Bertz CT molecular complexity index is 700. The van der Waals surface area contributed by atoms with E-state index in [-0.39, 0.29) is 12.3 Å². The second-order valence-electron chi connectivity index (χ2n) is 5.59. The van der Waals surface area contributed by atoms with E-state index in [1.165, 1.54) is 0 Å². The first-order chi connectivity index (χ1) is 11.5. The summed E-state index contributed by atoms with van der Waals surface area (Å²) in [6.45, 7) is 1.74. The third-order valence-corrected chi connectivity index (χ3v) is 3.88. The minimum Gasteiger partial charge on any atom is -0.497 e. The minimum atomic E-state index is -1.05. The normalized spacial score (nSPS) is 12.9. The van der Waals surface area contributed by atoms with Gasteiger partial charge in [-0.3, -0.25) is 4.79 Å². The molecule has 2 N–H and O–H groups in total.